The zero-order chi connectivity index (χ0) is 31.0. The van der Waals surface area contributed by atoms with E-state index in [0.29, 0.717) is 35.2 Å². The van der Waals surface area contributed by atoms with Gasteiger partial charge in [-0.25, -0.2) is 9.67 Å². The van der Waals surface area contributed by atoms with Crippen LogP contribution in [0, 0.1) is 6.92 Å². The van der Waals surface area contributed by atoms with Gasteiger partial charge in [0.15, 0.2) is 0 Å². The van der Waals surface area contributed by atoms with Crippen LogP contribution in [0.5, 0.6) is 5.88 Å². The average molecular weight is 613 g/mol. The molecule has 3 N–H and O–H groups in total. The van der Waals surface area contributed by atoms with Crippen LogP contribution in [0.25, 0.3) is 22.4 Å². The van der Waals surface area contributed by atoms with Crippen LogP contribution in [0.3, 0.4) is 0 Å². The molecule has 226 valence electrons. The van der Waals surface area contributed by atoms with E-state index in [-0.39, 0.29) is 23.6 Å². The number of anilines is 1. The van der Waals surface area contributed by atoms with Crippen molar-refractivity contribution in [2.24, 2.45) is 7.05 Å². The molecule has 1 saturated heterocycles. The van der Waals surface area contributed by atoms with E-state index in [1.807, 2.05) is 37.3 Å². The van der Waals surface area contributed by atoms with Crippen molar-refractivity contribution in [3.8, 4) is 28.3 Å². The second kappa shape index (κ2) is 12.2. The van der Waals surface area contributed by atoms with Crippen LogP contribution in [0.15, 0.2) is 59.5 Å². The Hall–Kier alpha value is -4.54. The van der Waals surface area contributed by atoms with Crippen LogP contribution in [-0.2, 0) is 18.3 Å². The largest absolute Gasteiger partial charge is 0.481 e. The molecule has 1 fully saturated rings. The number of hydrogen-bond acceptors (Lipinski definition) is 7. The summed E-state index contributed by atoms with van der Waals surface area (Å²) in [4.78, 5) is 41.9. The van der Waals surface area contributed by atoms with Crippen molar-refractivity contribution in [2.45, 2.75) is 44.7 Å². The van der Waals surface area contributed by atoms with Gasteiger partial charge in [0.05, 0.1) is 17.8 Å². The Morgan fingerprint density at radius 1 is 1.09 bits per heavy atom. The predicted octanol–water partition coefficient (Wildman–Crippen LogP) is 4.59. The van der Waals surface area contributed by atoms with E-state index in [0.717, 1.165) is 57.3 Å². The van der Waals surface area contributed by atoms with Crippen molar-refractivity contribution >= 4 is 29.1 Å². The molecule has 3 heterocycles. The monoisotopic (exact) mass is 612 g/mol. The molecule has 0 spiro atoms. The van der Waals surface area contributed by atoms with Gasteiger partial charge in [-0.05, 0) is 61.1 Å². The fourth-order valence-electron chi connectivity index (χ4n) is 6.09. The number of nitrogens with one attached hydrogen (secondary N) is 3. The zero-order valence-corrected chi connectivity index (χ0v) is 25.5. The molecule has 2 aliphatic rings. The van der Waals surface area contributed by atoms with Crippen LogP contribution in [0.2, 0.25) is 5.02 Å². The summed E-state index contributed by atoms with van der Waals surface area (Å²) in [5.41, 5.74) is 6.23. The highest BCUT2D eigenvalue weighted by Gasteiger charge is 2.30. The van der Waals surface area contributed by atoms with Gasteiger partial charge in [0.1, 0.15) is 5.56 Å². The lowest BCUT2D eigenvalue weighted by atomic mass is 9.96. The number of fused-ring (bicyclic) bond motifs is 1. The smallest absolute Gasteiger partial charge is 0.279 e. The van der Waals surface area contributed by atoms with E-state index in [4.69, 9.17) is 21.3 Å². The molecule has 2 amide bonds. The molecule has 0 radical (unpaired) electrons. The molecule has 4 aromatic rings. The van der Waals surface area contributed by atoms with E-state index in [9.17, 15) is 14.4 Å². The van der Waals surface area contributed by atoms with Crippen LogP contribution in [-0.4, -0.2) is 46.3 Å². The first-order valence-corrected chi connectivity index (χ1v) is 15.0. The fourth-order valence-corrected chi connectivity index (χ4v) is 6.41. The molecule has 2 atom stereocenters. The molecule has 6 rings (SSSR count). The van der Waals surface area contributed by atoms with Crippen LogP contribution >= 0.6 is 11.6 Å². The number of aromatic nitrogens is 3. The second-order valence-corrected chi connectivity index (χ2v) is 11.5. The second-order valence-electron chi connectivity index (χ2n) is 11.2. The number of aryl methyl sites for hydroxylation is 2. The summed E-state index contributed by atoms with van der Waals surface area (Å²) < 4.78 is 6.91. The summed E-state index contributed by atoms with van der Waals surface area (Å²) in [7, 11) is 3.13. The number of amides is 2. The van der Waals surface area contributed by atoms with Gasteiger partial charge in [-0.1, -0.05) is 41.9 Å². The summed E-state index contributed by atoms with van der Waals surface area (Å²) in [6, 6.07) is 15.1. The summed E-state index contributed by atoms with van der Waals surface area (Å²) in [6.07, 6.45) is 4.62. The van der Waals surface area contributed by atoms with Crippen molar-refractivity contribution in [2.75, 3.05) is 19.0 Å². The van der Waals surface area contributed by atoms with Gasteiger partial charge in [-0.15, -0.1) is 0 Å². The molecule has 44 heavy (non-hydrogen) atoms. The molecule has 1 aliphatic carbocycles. The molecule has 10 nitrogen and oxygen atoms in total. The minimum atomic E-state index is -0.511. The van der Waals surface area contributed by atoms with Crippen molar-refractivity contribution in [3.05, 3.63) is 92.4 Å². The Kier molecular flexibility index (Phi) is 8.20. The maximum absolute atomic E-state index is 13.0. The van der Waals surface area contributed by atoms with E-state index < -0.39 is 11.5 Å². The van der Waals surface area contributed by atoms with Gasteiger partial charge in [0.2, 0.25) is 11.8 Å². The predicted molar refractivity (Wildman–Crippen MR) is 169 cm³/mol. The number of nitrogens with zero attached hydrogens (tertiary/aromatic N) is 3. The summed E-state index contributed by atoms with van der Waals surface area (Å²) in [5, 5.41) is 13.9. The quantitative estimate of drug-likeness (QED) is 0.266. The number of pyridine rings is 1. The van der Waals surface area contributed by atoms with Crippen molar-refractivity contribution < 1.29 is 14.3 Å². The Morgan fingerprint density at radius 3 is 2.64 bits per heavy atom. The number of methoxy groups -OCH3 is 1. The zero-order valence-electron chi connectivity index (χ0n) is 24.7. The number of carbonyl (C=O) groups excluding carboxylic acids is 2. The first-order valence-electron chi connectivity index (χ1n) is 14.6. The number of carbonyl (C=O) groups is 2. The van der Waals surface area contributed by atoms with E-state index in [1.54, 1.807) is 13.2 Å². The summed E-state index contributed by atoms with van der Waals surface area (Å²) in [5.74, 6) is 0.159. The van der Waals surface area contributed by atoms with E-state index >= 15 is 0 Å². The third-order valence-corrected chi connectivity index (χ3v) is 8.85. The van der Waals surface area contributed by atoms with Gasteiger partial charge < -0.3 is 20.7 Å². The Morgan fingerprint density at radius 2 is 1.86 bits per heavy atom. The molecule has 2 aromatic heterocycles. The number of benzene rings is 2. The van der Waals surface area contributed by atoms with Gasteiger partial charge in [-0.2, -0.15) is 5.10 Å². The molecule has 2 aromatic carbocycles. The molecular weight excluding hydrogens is 580 g/mol. The van der Waals surface area contributed by atoms with E-state index in [1.165, 1.54) is 19.3 Å². The van der Waals surface area contributed by atoms with Gasteiger partial charge in [-0.3, -0.25) is 14.4 Å². The van der Waals surface area contributed by atoms with Gasteiger partial charge in [0, 0.05) is 60.7 Å². The third-order valence-electron chi connectivity index (χ3n) is 8.45. The van der Waals surface area contributed by atoms with Crippen molar-refractivity contribution in [3.63, 3.8) is 0 Å². The Bertz CT molecular complexity index is 1840. The third kappa shape index (κ3) is 5.58. The lowest BCUT2D eigenvalue weighted by Crippen LogP contribution is -2.36. The maximum Gasteiger partial charge on any atom is 0.279 e. The number of ether oxygens (including phenoxy) is 1. The highest BCUT2D eigenvalue weighted by Crippen LogP contribution is 2.43. The maximum atomic E-state index is 13.0. The highest BCUT2D eigenvalue weighted by molar-refractivity contribution is 6.36. The SMILES string of the molecule is COc1nc(-c2cccc(-c3cccc(NC(=O)c4ccnn(C)c4=O)c3C)c2Cl)cc2c1C(NCC1CCC(=O)N1)CC2. The van der Waals surface area contributed by atoms with Crippen molar-refractivity contribution in [1.82, 2.24) is 25.4 Å². The molecule has 1 aliphatic heterocycles. The Labute approximate surface area is 259 Å². The molecular formula is C33H33ClN6O4. The van der Waals surface area contributed by atoms with Crippen molar-refractivity contribution in [1.29, 1.82) is 0 Å². The lowest BCUT2D eigenvalue weighted by molar-refractivity contribution is -0.119. The Balaban J connectivity index is 1.29. The topological polar surface area (TPSA) is 127 Å². The van der Waals surface area contributed by atoms with Crippen LogP contribution in [0.1, 0.15) is 52.4 Å². The molecule has 0 bridgehead atoms. The molecule has 2 unspecified atom stereocenters. The first kappa shape index (κ1) is 29.5. The number of rotatable bonds is 8. The number of halogens is 1. The van der Waals surface area contributed by atoms with Gasteiger partial charge >= 0.3 is 0 Å². The van der Waals surface area contributed by atoms with Crippen LogP contribution in [0.4, 0.5) is 5.69 Å². The summed E-state index contributed by atoms with van der Waals surface area (Å²) in [6.45, 7) is 2.60. The fraction of sp³-hybridized carbons (Fsp3) is 0.303. The standard InChI is InChI=1S/C33H33ClN6O4/c1-18-21(6-5-9-25(18)38-31(42)24-14-15-36-40(2)33(24)43)22-7-4-8-23(30(22)34)27-16-19-10-12-26(29(19)32(39-27)44-3)35-17-20-11-13-28(41)37-20/h4-9,14-16,20,26,35H,10-13,17H2,1-3H3,(H,37,41)(H,38,42). The number of hydrogen-bond donors (Lipinski definition) is 3. The highest BCUT2D eigenvalue weighted by atomic mass is 35.5. The average Bonchev–Trinajstić information content (AvgIpc) is 3.63. The van der Waals surface area contributed by atoms with Crippen LogP contribution < -0.4 is 26.2 Å². The summed E-state index contributed by atoms with van der Waals surface area (Å²) >= 11 is 7.09. The molecule has 11 heteroatoms. The lowest BCUT2D eigenvalue weighted by Gasteiger charge is -2.20. The minimum Gasteiger partial charge on any atom is -0.481 e. The van der Waals surface area contributed by atoms with Gasteiger partial charge in [0.25, 0.3) is 11.5 Å². The first-order chi connectivity index (χ1) is 21.2. The molecule has 0 saturated carbocycles. The van der Waals surface area contributed by atoms with E-state index in [2.05, 4.69) is 27.1 Å². The minimum absolute atomic E-state index is 0.00621. The normalized spacial score (nSPS) is 17.3.